The fraction of sp³-hybridized carbons (Fsp3) is 0.0833. The Morgan fingerprint density at radius 3 is 2.88 bits per heavy atom. The summed E-state index contributed by atoms with van der Waals surface area (Å²) in [7, 11) is 0. The van der Waals surface area contributed by atoms with Gasteiger partial charge in [-0.15, -0.1) is 0 Å². The van der Waals surface area contributed by atoms with Crippen LogP contribution in [0.15, 0.2) is 35.0 Å². The summed E-state index contributed by atoms with van der Waals surface area (Å²) < 4.78 is 0. The maximum absolute atomic E-state index is 11.8. The number of amides is 1. The van der Waals surface area contributed by atoms with Gasteiger partial charge in [-0.1, -0.05) is 11.6 Å². The van der Waals surface area contributed by atoms with Gasteiger partial charge in [-0.3, -0.25) is 4.79 Å². The summed E-state index contributed by atoms with van der Waals surface area (Å²) >= 11 is 7.54. The molecule has 0 unspecified atom stereocenters. The second-order valence-electron chi connectivity index (χ2n) is 3.55. The number of carbonyl (C=O) groups is 1. The first-order valence-electron chi connectivity index (χ1n) is 5.01. The van der Waals surface area contributed by atoms with Crippen LogP contribution in [0.4, 0.5) is 5.69 Å². The van der Waals surface area contributed by atoms with Crippen molar-refractivity contribution in [2.75, 3.05) is 5.73 Å². The van der Waals surface area contributed by atoms with E-state index in [9.17, 15) is 4.79 Å². The minimum atomic E-state index is -0.193. The van der Waals surface area contributed by atoms with Crippen molar-refractivity contribution in [2.24, 2.45) is 0 Å². The number of halogens is 1. The Morgan fingerprint density at radius 1 is 1.41 bits per heavy atom. The molecule has 3 N–H and O–H groups in total. The molecule has 0 aliphatic carbocycles. The SMILES string of the molecule is Nc1ccc(C(=O)NCc2ccsc2)c(Cl)c1. The lowest BCUT2D eigenvalue weighted by atomic mass is 10.2. The highest BCUT2D eigenvalue weighted by molar-refractivity contribution is 7.07. The average Bonchev–Trinajstić information content (AvgIpc) is 2.78. The minimum Gasteiger partial charge on any atom is -0.399 e. The van der Waals surface area contributed by atoms with Gasteiger partial charge in [0.15, 0.2) is 0 Å². The molecule has 1 aromatic heterocycles. The van der Waals surface area contributed by atoms with E-state index in [1.807, 2.05) is 16.8 Å². The first-order chi connectivity index (χ1) is 8.16. The number of nitrogens with two attached hydrogens (primary N) is 1. The lowest BCUT2D eigenvalue weighted by molar-refractivity contribution is 0.0951. The van der Waals surface area contributed by atoms with E-state index < -0.39 is 0 Å². The van der Waals surface area contributed by atoms with Crippen molar-refractivity contribution in [2.45, 2.75) is 6.54 Å². The van der Waals surface area contributed by atoms with Crippen LogP contribution in [-0.4, -0.2) is 5.91 Å². The Bertz CT molecular complexity index is 525. The van der Waals surface area contributed by atoms with Crippen LogP contribution in [0.3, 0.4) is 0 Å². The Balaban J connectivity index is 2.04. The number of hydrogen-bond donors (Lipinski definition) is 2. The van der Waals surface area contributed by atoms with E-state index in [0.29, 0.717) is 22.8 Å². The highest BCUT2D eigenvalue weighted by atomic mass is 35.5. The van der Waals surface area contributed by atoms with Gasteiger partial charge < -0.3 is 11.1 Å². The van der Waals surface area contributed by atoms with Gasteiger partial charge in [0.05, 0.1) is 10.6 Å². The Labute approximate surface area is 108 Å². The molecule has 88 valence electrons. The number of hydrogen-bond acceptors (Lipinski definition) is 3. The molecule has 3 nitrogen and oxygen atoms in total. The van der Waals surface area contributed by atoms with Gasteiger partial charge >= 0.3 is 0 Å². The molecule has 0 fully saturated rings. The number of thiophene rings is 1. The molecule has 1 amide bonds. The van der Waals surface area contributed by atoms with Crippen molar-refractivity contribution in [1.29, 1.82) is 0 Å². The third-order valence-corrected chi connectivity index (χ3v) is 3.32. The second kappa shape index (κ2) is 5.21. The number of nitrogen functional groups attached to an aromatic ring is 1. The molecule has 0 aliphatic heterocycles. The molecule has 5 heteroatoms. The minimum absolute atomic E-state index is 0.193. The summed E-state index contributed by atoms with van der Waals surface area (Å²) in [5.74, 6) is -0.193. The predicted molar refractivity (Wildman–Crippen MR) is 71.4 cm³/mol. The van der Waals surface area contributed by atoms with E-state index >= 15 is 0 Å². The zero-order chi connectivity index (χ0) is 12.3. The zero-order valence-electron chi connectivity index (χ0n) is 8.94. The van der Waals surface area contributed by atoms with E-state index in [1.54, 1.807) is 29.5 Å². The van der Waals surface area contributed by atoms with Crippen LogP contribution in [0.2, 0.25) is 5.02 Å². The summed E-state index contributed by atoms with van der Waals surface area (Å²) in [4.78, 5) is 11.8. The molecule has 0 atom stereocenters. The molecule has 2 aromatic rings. The molecule has 0 bridgehead atoms. The van der Waals surface area contributed by atoms with Crippen LogP contribution in [0.25, 0.3) is 0 Å². The van der Waals surface area contributed by atoms with Gasteiger partial charge in [-0.25, -0.2) is 0 Å². The largest absolute Gasteiger partial charge is 0.399 e. The topological polar surface area (TPSA) is 55.1 Å². The molecule has 0 saturated carbocycles. The third-order valence-electron chi connectivity index (χ3n) is 2.27. The van der Waals surface area contributed by atoms with Crippen LogP contribution in [0.1, 0.15) is 15.9 Å². The number of carbonyl (C=O) groups excluding carboxylic acids is 1. The van der Waals surface area contributed by atoms with Gasteiger partial charge in [-0.2, -0.15) is 11.3 Å². The number of anilines is 1. The lowest BCUT2D eigenvalue weighted by Gasteiger charge is -2.06. The van der Waals surface area contributed by atoms with Crippen LogP contribution in [0.5, 0.6) is 0 Å². The van der Waals surface area contributed by atoms with Gasteiger partial charge in [0.1, 0.15) is 0 Å². The lowest BCUT2D eigenvalue weighted by Crippen LogP contribution is -2.22. The zero-order valence-corrected chi connectivity index (χ0v) is 10.5. The van der Waals surface area contributed by atoms with Crippen molar-refractivity contribution in [3.05, 3.63) is 51.2 Å². The molecule has 0 saturated heterocycles. The van der Waals surface area contributed by atoms with Crippen LogP contribution in [-0.2, 0) is 6.54 Å². The highest BCUT2D eigenvalue weighted by Gasteiger charge is 2.09. The van der Waals surface area contributed by atoms with Gasteiger partial charge in [0.25, 0.3) is 5.91 Å². The molecule has 1 heterocycles. The van der Waals surface area contributed by atoms with Crippen LogP contribution in [0, 0.1) is 0 Å². The van der Waals surface area contributed by atoms with Gasteiger partial charge in [0, 0.05) is 12.2 Å². The monoisotopic (exact) mass is 266 g/mol. The number of nitrogens with one attached hydrogen (secondary N) is 1. The molecule has 0 radical (unpaired) electrons. The van der Waals surface area contributed by atoms with Crippen molar-refractivity contribution in [3.8, 4) is 0 Å². The summed E-state index contributed by atoms with van der Waals surface area (Å²) in [5, 5.41) is 7.13. The van der Waals surface area contributed by atoms with Crippen LogP contribution >= 0.6 is 22.9 Å². The van der Waals surface area contributed by atoms with Crippen molar-refractivity contribution < 1.29 is 4.79 Å². The van der Waals surface area contributed by atoms with Crippen molar-refractivity contribution in [1.82, 2.24) is 5.32 Å². The second-order valence-corrected chi connectivity index (χ2v) is 4.74. The first kappa shape index (κ1) is 12.0. The van der Waals surface area contributed by atoms with E-state index in [0.717, 1.165) is 5.56 Å². The molecule has 0 spiro atoms. The Hall–Kier alpha value is -1.52. The van der Waals surface area contributed by atoms with E-state index in [4.69, 9.17) is 17.3 Å². The van der Waals surface area contributed by atoms with E-state index in [-0.39, 0.29) is 5.91 Å². The smallest absolute Gasteiger partial charge is 0.253 e. The summed E-state index contributed by atoms with van der Waals surface area (Å²) in [6.07, 6.45) is 0. The van der Waals surface area contributed by atoms with Gasteiger partial charge in [-0.05, 0) is 40.6 Å². The first-order valence-corrected chi connectivity index (χ1v) is 6.33. The van der Waals surface area contributed by atoms with Crippen molar-refractivity contribution in [3.63, 3.8) is 0 Å². The van der Waals surface area contributed by atoms with Gasteiger partial charge in [0.2, 0.25) is 0 Å². The fourth-order valence-corrected chi connectivity index (χ4v) is 2.33. The average molecular weight is 267 g/mol. The molecule has 2 rings (SSSR count). The summed E-state index contributed by atoms with van der Waals surface area (Å²) in [6, 6.07) is 6.82. The predicted octanol–water partition coefficient (Wildman–Crippen LogP) is 2.91. The number of benzene rings is 1. The highest BCUT2D eigenvalue weighted by Crippen LogP contribution is 2.19. The molecular weight excluding hydrogens is 256 g/mol. The molecular formula is C12H11ClN2OS. The summed E-state index contributed by atoms with van der Waals surface area (Å²) in [6.45, 7) is 0.503. The fourth-order valence-electron chi connectivity index (χ4n) is 1.39. The molecule has 17 heavy (non-hydrogen) atoms. The van der Waals surface area contributed by atoms with Crippen LogP contribution < -0.4 is 11.1 Å². The summed E-state index contributed by atoms with van der Waals surface area (Å²) in [5.41, 5.74) is 7.63. The quantitative estimate of drug-likeness (QED) is 0.840. The standard InChI is InChI=1S/C12H11ClN2OS/c13-11-5-9(14)1-2-10(11)12(16)15-6-8-3-4-17-7-8/h1-5,7H,6,14H2,(H,15,16). The van der Waals surface area contributed by atoms with E-state index in [2.05, 4.69) is 5.32 Å². The van der Waals surface area contributed by atoms with E-state index in [1.165, 1.54) is 0 Å². The Morgan fingerprint density at radius 2 is 2.24 bits per heavy atom. The maximum Gasteiger partial charge on any atom is 0.253 e. The maximum atomic E-state index is 11.8. The normalized spacial score (nSPS) is 10.2. The molecule has 0 aliphatic rings. The third kappa shape index (κ3) is 2.99. The number of rotatable bonds is 3. The Kier molecular flexibility index (Phi) is 3.66. The van der Waals surface area contributed by atoms with Crippen molar-refractivity contribution >= 4 is 34.5 Å². The molecule has 1 aromatic carbocycles.